The SMILES string of the molecule is OB(O)c1ccc(I)c2sc(O)cc12. The monoisotopic (exact) mass is 320 g/mol. The lowest BCUT2D eigenvalue weighted by Crippen LogP contribution is -2.30. The van der Waals surface area contributed by atoms with Gasteiger partial charge in [0, 0.05) is 3.57 Å². The molecular formula is C8H6BIO3S. The first-order valence-corrected chi connectivity index (χ1v) is 5.76. The van der Waals surface area contributed by atoms with Crippen molar-refractivity contribution in [2.75, 3.05) is 0 Å². The minimum Gasteiger partial charge on any atom is -0.499 e. The molecule has 0 saturated carbocycles. The maximum atomic E-state index is 9.34. The zero-order chi connectivity index (χ0) is 10.3. The molecule has 0 aliphatic carbocycles. The highest BCUT2D eigenvalue weighted by atomic mass is 127. The first kappa shape index (κ1) is 10.2. The molecule has 1 heterocycles. The van der Waals surface area contributed by atoms with Crippen LogP contribution < -0.4 is 5.46 Å². The summed E-state index contributed by atoms with van der Waals surface area (Å²) in [5.41, 5.74) is 0.428. The van der Waals surface area contributed by atoms with E-state index in [-0.39, 0.29) is 5.06 Å². The Kier molecular flexibility index (Phi) is 2.69. The molecule has 6 heteroatoms. The first-order valence-electron chi connectivity index (χ1n) is 3.86. The second kappa shape index (κ2) is 3.69. The Morgan fingerprint density at radius 1 is 1.29 bits per heavy atom. The van der Waals surface area contributed by atoms with Gasteiger partial charge in [0.25, 0.3) is 0 Å². The van der Waals surface area contributed by atoms with Crippen LogP contribution in [-0.2, 0) is 0 Å². The van der Waals surface area contributed by atoms with Gasteiger partial charge in [0.2, 0.25) is 0 Å². The van der Waals surface area contributed by atoms with Crippen molar-refractivity contribution < 1.29 is 15.2 Å². The van der Waals surface area contributed by atoms with Crippen molar-refractivity contribution in [2.45, 2.75) is 0 Å². The number of thiophene rings is 1. The molecule has 3 nitrogen and oxygen atoms in total. The van der Waals surface area contributed by atoms with Gasteiger partial charge in [-0.25, -0.2) is 0 Å². The lowest BCUT2D eigenvalue weighted by atomic mass is 9.78. The Bertz CT molecular complexity index is 483. The van der Waals surface area contributed by atoms with E-state index >= 15 is 0 Å². The van der Waals surface area contributed by atoms with Crippen LogP contribution in [0.5, 0.6) is 5.06 Å². The lowest BCUT2D eigenvalue weighted by Gasteiger charge is -2.01. The molecule has 0 spiro atoms. The standard InChI is InChI=1S/C8H6BIO3S/c10-6-2-1-5(9(12)13)4-3-7(11)14-8(4)6/h1-3,11-13H. The smallest absolute Gasteiger partial charge is 0.489 e. The fourth-order valence-corrected chi connectivity index (χ4v) is 2.96. The molecule has 1 aromatic heterocycles. The molecule has 2 rings (SSSR count). The summed E-state index contributed by atoms with van der Waals surface area (Å²) in [6, 6.07) is 5.01. The van der Waals surface area contributed by atoms with E-state index in [1.165, 1.54) is 11.3 Å². The quantitative estimate of drug-likeness (QED) is 0.540. The summed E-state index contributed by atoms with van der Waals surface area (Å²) >= 11 is 3.38. The third-order valence-electron chi connectivity index (χ3n) is 1.93. The van der Waals surface area contributed by atoms with Crippen molar-refractivity contribution in [3.63, 3.8) is 0 Å². The Morgan fingerprint density at radius 3 is 2.64 bits per heavy atom. The fourth-order valence-electron chi connectivity index (χ4n) is 1.32. The Balaban J connectivity index is 2.81. The van der Waals surface area contributed by atoms with Crippen molar-refractivity contribution >= 4 is 56.6 Å². The van der Waals surface area contributed by atoms with E-state index in [2.05, 4.69) is 22.6 Å². The second-order valence-electron chi connectivity index (χ2n) is 2.84. The Morgan fingerprint density at radius 2 is 2.00 bits per heavy atom. The molecule has 0 aliphatic heterocycles. The maximum absolute atomic E-state index is 9.34. The highest BCUT2D eigenvalue weighted by Gasteiger charge is 2.17. The topological polar surface area (TPSA) is 60.7 Å². The summed E-state index contributed by atoms with van der Waals surface area (Å²) in [5.74, 6) is 0. The van der Waals surface area contributed by atoms with E-state index in [1.54, 1.807) is 18.2 Å². The predicted octanol–water partition coefficient (Wildman–Crippen LogP) is 0.891. The molecule has 2 aromatic rings. The van der Waals surface area contributed by atoms with Gasteiger partial charge in [-0.2, -0.15) is 0 Å². The van der Waals surface area contributed by atoms with Gasteiger partial charge in [0.1, 0.15) is 0 Å². The molecule has 0 atom stereocenters. The van der Waals surface area contributed by atoms with Gasteiger partial charge in [-0.15, -0.1) is 0 Å². The molecule has 0 unspecified atom stereocenters. The van der Waals surface area contributed by atoms with Crippen LogP contribution in [0, 0.1) is 3.57 Å². The van der Waals surface area contributed by atoms with Crippen molar-refractivity contribution in [2.24, 2.45) is 0 Å². The van der Waals surface area contributed by atoms with Crippen LogP contribution in [0.15, 0.2) is 18.2 Å². The molecule has 1 aromatic carbocycles. The molecule has 0 aliphatic rings. The van der Waals surface area contributed by atoms with Crippen LogP contribution in [-0.4, -0.2) is 22.3 Å². The summed E-state index contributed by atoms with van der Waals surface area (Å²) in [4.78, 5) is 0. The normalized spacial score (nSPS) is 10.8. The highest BCUT2D eigenvalue weighted by molar-refractivity contribution is 14.1. The van der Waals surface area contributed by atoms with Crippen LogP contribution in [0.2, 0.25) is 0 Å². The van der Waals surface area contributed by atoms with Gasteiger partial charge in [0.15, 0.2) is 5.06 Å². The van der Waals surface area contributed by atoms with Crippen molar-refractivity contribution in [1.29, 1.82) is 0 Å². The molecule has 0 bridgehead atoms. The minimum absolute atomic E-state index is 0.186. The van der Waals surface area contributed by atoms with E-state index < -0.39 is 7.12 Å². The Hall–Kier alpha value is -0.305. The van der Waals surface area contributed by atoms with Crippen molar-refractivity contribution in [3.05, 3.63) is 21.8 Å². The summed E-state index contributed by atoms with van der Waals surface area (Å²) in [6.07, 6.45) is 0. The molecule has 0 radical (unpaired) electrons. The molecule has 0 saturated heterocycles. The third kappa shape index (κ3) is 1.62. The number of benzene rings is 1. The average Bonchev–Trinajstić information content (AvgIpc) is 2.47. The van der Waals surface area contributed by atoms with Gasteiger partial charge < -0.3 is 15.2 Å². The number of halogens is 1. The fraction of sp³-hybridized carbons (Fsp3) is 0. The van der Waals surface area contributed by atoms with Crippen LogP contribution in [0.1, 0.15) is 0 Å². The maximum Gasteiger partial charge on any atom is 0.489 e. The number of fused-ring (bicyclic) bond motifs is 1. The lowest BCUT2D eigenvalue weighted by molar-refractivity contribution is 0.426. The summed E-state index contributed by atoms with van der Waals surface area (Å²) in [5, 5.41) is 28.4. The van der Waals surface area contributed by atoms with E-state index in [0.717, 1.165) is 8.27 Å². The average molecular weight is 320 g/mol. The van der Waals surface area contributed by atoms with E-state index in [9.17, 15) is 5.11 Å². The largest absolute Gasteiger partial charge is 0.499 e. The van der Waals surface area contributed by atoms with Crippen LogP contribution in [0.25, 0.3) is 10.1 Å². The predicted molar refractivity (Wildman–Crippen MR) is 66.0 cm³/mol. The van der Waals surface area contributed by atoms with E-state index in [4.69, 9.17) is 10.0 Å². The second-order valence-corrected chi connectivity index (χ2v) is 5.03. The van der Waals surface area contributed by atoms with Gasteiger partial charge in [-0.3, -0.25) is 0 Å². The molecule has 72 valence electrons. The van der Waals surface area contributed by atoms with E-state index in [1.807, 2.05) is 0 Å². The van der Waals surface area contributed by atoms with E-state index in [0.29, 0.717) is 10.8 Å². The van der Waals surface area contributed by atoms with Gasteiger partial charge >= 0.3 is 7.12 Å². The molecule has 3 N–H and O–H groups in total. The van der Waals surface area contributed by atoms with Gasteiger partial charge in [0.05, 0.1) is 4.70 Å². The third-order valence-corrected chi connectivity index (χ3v) is 4.17. The number of hydrogen-bond donors (Lipinski definition) is 3. The minimum atomic E-state index is -1.50. The van der Waals surface area contributed by atoms with Crippen LogP contribution >= 0.6 is 33.9 Å². The summed E-state index contributed by atoms with van der Waals surface area (Å²) < 4.78 is 1.88. The summed E-state index contributed by atoms with van der Waals surface area (Å²) in [6.45, 7) is 0. The van der Waals surface area contributed by atoms with Crippen LogP contribution in [0.4, 0.5) is 0 Å². The zero-order valence-electron chi connectivity index (χ0n) is 6.94. The molecular weight excluding hydrogens is 314 g/mol. The zero-order valence-corrected chi connectivity index (χ0v) is 9.91. The first-order chi connectivity index (χ1) is 6.59. The number of aromatic hydroxyl groups is 1. The molecule has 0 fully saturated rings. The highest BCUT2D eigenvalue weighted by Crippen LogP contribution is 2.32. The molecule has 0 amide bonds. The number of rotatable bonds is 1. The summed E-state index contributed by atoms with van der Waals surface area (Å²) in [7, 11) is -1.50. The van der Waals surface area contributed by atoms with Crippen LogP contribution in [0.3, 0.4) is 0 Å². The Labute approximate surface area is 98.3 Å². The number of hydrogen-bond acceptors (Lipinski definition) is 4. The van der Waals surface area contributed by atoms with Crippen molar-refractivity contribution in [1.82, 2.24) is 0 Å². The van der Waals surface area contributed by atoms with Gasteiger partial charge in [-0.1, -0.05) is 17.4 Å². The van der Waals surface area contributed by atoms with Gasteiger partial charge in [-0.05, 0) is 45.6 Å². The van der Waals surface area contributed by atoms with Crippen molar-refractivity contribution in [3.8, 4) is 5.06 Å². The molecule has 14 heavy (non-hydrogen) atoms.